The van der Waals surface area contributed by atoms with E-state index in [0.717, 1.165) is 0 Å². The minimum absolute atomic E-state index is 0.0536. The standard InChI is InChI=1S/C16H10Cl2F2O/c17-7-1-2-11-4-6-14(19)9-16(11)21-10-12-3-5-13(18)8-15(12)20/h3-6,8-9H,7,10H2. The predicted octanol–water partition coefficient (Wildman–Crippen LogP) is 4.79. The molecule has 0 aliphatic rings. The van der Waals surface area contributed by atoms with Crippen molar-refractivity contribution in [3.05, 3.63) is 64.2 Å². The Kier molecular flexibility index (Phi) is 5.44. The predicted molar refractivity (Wildman–Crippen MR) is 79.7 cm³/mol. The van der Waals surface area contributed by atoms with Crippen molar-refractivity contribution in [2.75, 3.05) is 5.88 Å². The Morgan fingerprint density at radius 1 is 1.10 bits per heavy atom. The van der Waals surface area contributed by atoms with Crippen LogP contribution in [0.4, 0.5) is 8.78 Å². The molecule has 21 heavy (non-hydrogen) atoms. The Balaban J connectivity index is 2.20. The van der Waals surface area contributed by atoms with Gasteiger partial charge in [0.1, 0.15) is 24.0 Å². The van der Waals surface area contributed by atoms with Crippen LogP contribution in [-0.2, 0) is 6.61 Å². The van der Waals surface area contributed by atoms with Crippen molar-refractivity contribution >= 4 is 23.2 Å². The van der Waals surface area contributed by atoms with Gasteiger partial charge in [-0.25, -0.2) is 8.78 Å². The quantitative estimate of drug-likeness (QED) is 0.582. The molecule has 0 amide bonds. The number of benzene rings is 2. The highest BCUT2D eigenvalue weighted by atomic mass is 35.5. The minimum Gasteiger partial charge on any atom is -0.487 e. The zero-order valence-electron chi connectivity index (χ0n) is 10.8. The summed E-state index contributed by atoms with van der Waals surface area (Å²) in [5, 5.41) is 0.302. The van der Waals surface area contributed by atoms with Crippen LogP contribution in [0.3, 0.4) is 0 Å². The second-order valence-electron chi connectivity index (χ2n) is 4.10. The first kappa shape index (κ1) is 15.6. The van der Waals surface area contributed by atoms with Gasteiger partial charge in [-0.2, -0.15) is 0 Å². The summed E-state index contributed by atoms with van der Waals surface area (Å²) in [7, 11) is 0. The van der Waals surface area contributed by atoms with Crippen molar-refractivity contribution in [1.82, 2.24) is 0 Å². The molecule has 0 spiro atoms. The molecule has 108 valence electrons. The van der Waals surface area contributed by atoms with Crippen LogP contribution in [0.15, 0.2) is 36.4 Å². The van der Waals surface area contributed by atoms with Crippen molar-refractivity contribution < 1.29 is 13.5 Å². The SMILES string of the molecule is Fc1ccc(C#CCCl)c(OCc2ccc(Cl)cc2F)c1. The van der Waals surface area contributed by atoms with Crippen molar-refractivity contribution in [1.29, 1.82) is 0 Å². The van der Waals surface area contributed by atoms with Crippen molar-refractivity contribution in [2.24, 2.45) is 0 Å². The van der Waals surface area contributed by atoms with Gasteiger partial charge in [-0.1, -0.05) is 29.5 Å². The molecule has 0 bridgehead atoms. The monoisotopic (exact) mass is 326 g/mol. The Labute approximate surface area is 131 Å². The molecule has 0 aliphatic carbocycles. The first-order valence-corrected chi connectivity index (χ1v) is 6.92. The normalized spacial score (nSPS) is 9.90. The maximum absolute atomic E-state index is 13.7. The number of ether oxygens (including phenoxy) is 1. The minimum atomic E-state index is -0.479. The topological polar surface area (TPSA) is 9.23 Å². The Morgan fingerprint density at radius 3 is 2.62 bits per heavy atom. The van der Waals surface area contributed by atoms with E-state index in [0.29, 0.717) is 16.1 Å². The summed E-state index contributed by atoms with van der Waals surface area (Å²) in [6.07, 6.45) is 0. The molecule has 2 rings (SSSR count). The van der Waals surface area contributed by atoms with E-state index in [1.54, 1.807) is 6.07 Å². The molecule has 0 aromatic heterocycles. The molecule has 0 radical (unpaired) electrons. The first-order valence-electron chi connectivity index (χ1n) is 6.01. The average Bonchev–Trinajstić information content (AvgIpc) is 2.45. The van der Waals surface area contributed by atoms with E-state index < -0.39 is 11.6 Å². The lowest BCUT2D eigenvalue weighted by molar-refractivity contribution is 0.297. The summed E-state index contributed by atoms with van der Waals surface area (Å²) in [6.45, 7) is -0.0536. The van der Waals surface area contributed by atoms with Gasteiger partial charge in [0.2, 0.25) is 0 Å². The maximum atomic E-state index is 13.7. The van der Waals surface area contributed by atoms with Gasteiger partial charge in [0.15, 0.2) is 0 Å². The van der Waals surface area contributed by atoms with E-state index in [4.69, 9.17) is 27.9 Å². The zero-order valence-corrected chi connectivity index (χ0v) is 12.3. The van der Waals surface area contributed by atoms with Gasteiger partial charge in [0, 0.05) is 16.7 Å². The molecule has 0 aliphatic heterocycles. The van der Waals surface area contributed by atoms with Crippen LogP contribution in [0, 0.1) is 23.5 Å². The fourth-order valence-corrected chi connectivity index (χ4v) is 1.87. The number of halogens is 4. The number of alkyl halides is 1. The largest absolute Gasteiger partial charge is 0.487 e. The molecule has 1 nitrogen and oxygen atoms in total. The van der Waals surface area contributed by atoms with Crippen molar-refractivity contribution in [2.45, 2.75) is 6.61 Å². The molecule has 0 fully saturated rings. The Bertz CT molecular complexity index is 705. The molecular formula is C16H10Cl2F2O. The van der Waals surface area contributed by atoms with Crippen LogP contribution in [0.25, 0.3) is 0 Å². The molecule has 0 saturated heterocycles. The third kappa shape index (κ3) is 4.35. The van der Waals surface area contributed by atoms with Crippen LogP contribution < -0.4 is 4.74 Å². The number of rotatable bonds is 3. The number of hydrogen-bond donors (Lipinski definition) is 0. The van der Waals surface area contributed by atoms with Crippen molar-refractivity contribution in [3.63, 3.8) is 0 Å². The summed E-state index contributed by atoms with van der Waals surface area (Å²) < 4.78 is 32.4. The first-order chi connectivity index (χ1) is 10.1. The van der Waals surface area contributed by atoms with Crippen LogP contribution >= 0.6 is 23.2 Å². The summed E-state index contributed by atoms with van der Waals surface area (Å²) in [5.74, 6) is 4.88. The third-order valence-electron chi connectivity index (χ3n) is 2.63. The van der Waals surface area contributed by atoms with Gasteiger partial charge >= 0.3 is 0 Å². The average molecular weight is 327 g/mol. The van der Waals surface area contributed by atoms with E-state index >= 15 is 0 Å². The molecule has 0 atom stereocenters. The van der Waals surface area contributed by atoms with Gasteiger partial charge in [-0.15, -0.1) is 11.6 Å². The second kappa shape index (κ2) is 7.31. The van der Waals surface area contributed by atoms with E-state index in [-0.39, 0.29) is 18.2 Å². The summed E-state index contributed by atoms with van der Waals surface area (Å²) in [5.41, 5.74) is 0.811. The second-order valence-corrected chi connectivity index (χ2v) is 4.80. The molecule has 0 N–H and O–H groups in total. The van der Waals surface area contributed by atoms with Crippen LogP contribution in [-0.4, -0.2) is 5.88 Å². The van der Waals surface area contributed by atoms with E-state index in [9.17, 15) is 8.78 Å². The fourth-order valence-electron chi connectivity index (χ4n) is 1.64. The Morgan fingerprint density at radius 2 is 1.90 bits per heavy atom. The Hall–Kier alpha value is -1.76. The highest BCUT2D eigenvalue weighted by molar-refractivity contribution is 6.30. The smallest absolute Gasteiger partial charge is 0.138 e. The molecule has 0 unspecified atom stereocenters. The van der Waals surface area contributed by atoms with E-state index in [1.807, 2.05) is 0 Å². The zero-order chi connectivity index (χ0) is 15.2. The molecule has 5 heteroatoms. The van der Waals surface area contributed by atoms with Crippen molar-refractivity contribution in [3.8, 4) is 17.6 Å². The van der Waals surface area contributed by atoms with Crippen LogP contribution in [0.1, 0.15) is 11.1 Å². The summed E-state index contributed by atoms with van der Waals surface area (Å²) in [4.78, 5) is 0. The molecule has 2 aromatic carbocycles. The van der Waals surface area contributed by atoms with E-state index in [2.05, 4.69) is 11.8 Å². The summed E-state index contributed by atoms with van der Waals surface area (Å²) >= 11 is 11.2. The van der Waals surface area contributed by atoms with Gasteiger partial charge in [0.25, 0.3) is 0 Å². The maximum Gasteiger partial charge on any atom is 0.138 e. The lowest BCUT2D eigenvalue weighted by atomic mass is 10.2. The van der Waals surface area contributed by atoms with Gasteiger partial charge in [-0.3, -0.25) is 0 Å². The molecule has 0 saturated carbocycles. The van der Waals surface area contributed by atoms with Crippen LogP contribution in [0.5, 0.6) is 5.75 Å². The van der Waals surface area contributed by atoms with Crippen LogP contribution in [0.2, 0.25) is 5.02 Å². The highest BCUT2D eigenvalue weighted by Crippen LogP contribution is 2.22. The summed E-state index contributed by atoms with van der Waals surface area (Å²) in [6, 6.07) is 8.23. The van der Waals surface area contributed by atoms with Gasteiger partial charge in [0.05, 0.1) is 11.4 Å². The molecule has 2 aromatic rings. The fraction of sp³-hybridized carbons (Fsp3) is 0.125. The lowest BCUT2D eigenvalue weighted by Crippen LogP contribution is -2.00. The van der Waals surface area contributed by atoms with Gasteiger partial charge in [-0.05, 0) is 24.3 Å². The van der Waals surface area contributed by atoms with E-state index in [1.165, 1.54) is 30.3 Å². The third-order valence-corrected chi connectivity index (χ3v) is 3.00. The lowest BCUT2D eigenvalue weighted by Gasteiger charge is -2.09. The highest BCUT2D eigenvalue weighted by Gasteiger charge is 2.07. The molecule has 0 heterocycles. The van der Waals surface area contributed by atoms with Gasteiger partial charge < -0.3 is 4.74 Å². The molecular weight excluding hydrogens is 317 g/mol. The number of hydrogen-bond acceptors (Lipinski definition) is 1.